The molecule has 0 radical (unpaired) electrons. The molecule has 0 bridgehead atoms. The summed E-state index contributed by atoms with van der Waals surface area (Å²) < 4.78 is 0. The molecular weight excluding hydrogens is 108 g/mol. The van der Waals surface area contributed by atoms with E-state index in [1.165, 1.54) is 23.7 Å². The van der Waals surface area contributed by atoms with E-state index in [0.29, 0.717) is 0 Å². The molecule has 0 aromatic carbocycles. The van der Waals surface area contributed by atoms with Crippen LogP contribution in [0, 0.1) is 29.6 Å². The summed E-state index contributed by atoms with van der Waals surface area (Å²) in [6, 6.07) is 0. The highest BCUT2D eigenvalue weighted by Crippen LogP contribution is 2.73. The summed E-state index contributed by atoms with van der Waals surface area (Å²) in [7, 11) is 0. The molecule has 0 saturated heterocycles. The first-order valence-corrected chi connectivity index (χ1v) is 4.36. The fourth-order valence-electron chi connectivity index (χ4n) is 2.81. The summed E-state index contributed by atoms with van der Waals surface area (Å²) in [5.41, 5.74) is 0. The minimum Gasteiger partial charge on any atom is -0.0625 e. The van der Waals surface area contributed by atoms with Crippen molar-refractivity contribution in [1.82, 2.24) is 0 Å². The Kier molecular flexibility index (Phi) is 0.640. The lowest BCUT2D eigenvalue weighted by atomic mass is 9.71. The Labute approximate surface area is 56.6 Å². The molecule has 0 heteroatoms. The highest BCUT2D eigenvalue weighted by molar-refractivity contribution is 5.15. The Bertz CT molecular complexity index is 136. The van der Waals surface area contributed by atoms with Crippen molar-refractivity contribution in [2.45, 2.75) is 26.2 Å². The van der Waals surface area contributed by atoms with Gasteiger partial charge >= 0.3 is 0 Å². The Morgan fingerprint density at radius 2 is 1.67 bits per heavy atom. The van der Waals surface area contributed by atoms with Gasteiger partial charge in [0.2, 0.25) is 0 Å². The number of fused-ring (bicyclic) bond motifs is 1. The average molecular weight is 122 g/mol. The smallest absolute Gasteiger partial charge is 0.0323 e. The van der Waals surface area contributed by atoms with Gasteiger partial charge in [-0.3, -0.25) is 0 Å². The molecule has 0 nitrogen and oxygen atoms in total. The van der Waals surface area contributed by atoms with Gasteiger partial charge in [0, 0.05) is 0 Å². The third-order valence-electron chi connectivity index (χ3n) is 3.69. The molecular formula is C9H14. The first-order chi connectivity index (χ1) is 4.36. The van der Waals surface area contributed by atoms with Crippen LogP contribution in [0.15, 0.2) is 0 Å². The predicted octanol–water partition coefficient (Wildman–Crippen LogP) is 2.30. The zero-order valence-electron chi connectivity index (χ0n) is 6.01. The van der Waals surface area contributed by atoms with Gasteiger partial charge < -0.3 is 0 Å². The van der Waals surface area contributed by atoms with E-state index in [1.54, 1.807) is 19.3 Å². The molecule has 3 aliphatic carbocycles. The molecule has 9 heavy (non-hydrogen) atoms. The second-order valence-corrected chi connectivity index (χ2v) is 4.48. The molecule has 0 heterocycles. The molecule has 3 aliphatic rings. The van der Waals surface area contributed by atoms with Crippen molar-refractivity contribution in [2.24, 2.45) is 29.6 Å². The molecule has 0 aromatic rings. The number of rotatable bonds is 1. The van der Waals surface area contributed by atoms with Crippen LogP contribution >= 0.6 is 0 Å². The van der Waals surface area contributed by atoms with Gasteiger partial charge in [-0.1, -0.05) is 6.92 Å². The highest BCUT2D eigenvalue weighted by atomic mass is 14.7. The summed E-state index contributed by atoms with van der Waals surface area (Å²) in [5.74, 6) is 6.03. The molecule has 3 rings (SSSR count). The topological polar surface area (TPSA) is 0 Å². The maximum absolute atomic E-state index is 2.39. The predicted molar refractivity (Wildman–Crippen MR) is 37.0 cm³/mol. The number of hydrogen-bond donors (Lipinski definition) is 0. The monoisotopic (exact) mass is 122 g/mol. The minimum atomic E-state index is 1.08. The van der Waals surface area contributed by atoms with Gasteiger partial charge in [0.05, 0.1) is 0 Å². The highest BCUT2D eigenvalue weighted by Gasteiger charge is 2.67. The van der Waals surface area contributed by atoms with Crippen LogP contribution in [0.3, 0.4) is 0 Å². The fourth-order valence-corrected chi connectivity index (χ4v) is 2.81. The van der Waals surface area contributed by atoms with Crippen LogP contribution in [0.25, 0.3) is 0 Å². The maximum atomic E-state index is 2.39. The van der Waals surface area contributed by atoms with E-state index in [2.05, 4.69) is 6.92 Å². The summed E-state index contributed by atoms with van der Waals surface area (Å²) in [6.07, 6.45) is 4.74. The minimum absolute atomic E-state index is 1.08. The van der Waals surface area contributed by atoms with E-state index < -0.39 is 0 Å². The Morgan fingerprint density at radius 1 is 1.00 bits per heavy atom. The molecule has 0 aromatic heterocycles. The summed E-state index contributed by atoms with van der Waals surface area (Å²) in [5, 5.41) is 0. The van der Waals surface area contributed by atoms with Gasteiger partial charge in [-0.25, -0.2) is 0 Å². The molecule has 0 N–H and O–H groups in total. The quantitative estimate of drug-likeness (QED) is 0.500. The SMILES string of the molecule is CC1CC(C2C3CC32)C1. The summed E-state index contributed by atoms with van der Waals surface area (Å²) >= 11 is 0. The summed E-state index contributed by atoms with van der Waals surface area (Å²) in [4.78, 5) is 0. The zero-order chi connectivity index (χ0) is 6.01. The van der Waals surface area contributed by atoms with Crippen LogP contribution in [0.5, 0.6) is 0 Å². The third-order valence-corrected chi connectivity index (χ3v) is 3.69. The number of hydrogen-bond acceptors (Lipinski definition) is 0. The van der Waals surface area contributed by atoms with Crippen molar-refractivity contribution in [2.75, 3.05) is 0 Å². The van der Waals surface area contributed by atoms with Crippen molar-refractivity contribution < 1.29 is 0 Å². The molecule has 0 aliphatic heterocycles. The standard InChI is InChI=1S/C9H14/c1-5-2-6(3-5)9-7-4-8(7)9/h5-9H,2-4H2,1H3. The van der Waals surface area contributed by atoms with Gasteiger partial charge in [0.1, 0.15) is 0 Å². The van der Waals surface area contributed by atoms with E-state index in [-0.39, 0.29) is 0 Å². The average Bonchev–Trinajstić information content (AvgIpc) is 2.43. The molecule has 2 atom stereocenters. The van der Waals surface area contributed by atoms with Crippen molar-refractivity contribution in [1.29, 1.82) is 0 Å². The normalized spacial score (nSPS) is 68.3. The van der Waals surface area contributed by atoms with Crippen molar-refractivity contribution in [3.63, 3.8) is 0 Å². The van der Waals surface area contributed by atoms with Crippen molar-refractivity contribution in [3.05, 3.63) is 0 Å². The van der Waals surface area contributed by atoms with E-state index in [1.807, 2.05) is 0 Å². The lowest BCUT2D eigenvalue weighted by Crippen LogP contribution is -2.25. The third kappa shape index (κ3) is 0.500. The first kappa shape index (κ1) is 4.76. The van der Waals surface area contributed by atoms with E-state index in [4.69, 9.17) is 0 Å². The second kappa shape index (κ2) is 1.21. The molecule has 3 saturated carbocycles. The van der Waals surface area contributed by atoms with Gasteiger partial charge in [-0.15, -0.1) is 0 Å². The van der Waals surface area contributed by atoms with Crippen LogP contribution in [-0.2, 0) is 0 Å². The molecule has 50 valence electrons. The van der Waals surface area contributed by atoms with Crippen molar-refractivity contribution >= 4 is 0 Å². The van der Waals surface area contributed by atoms with Crippen LogP contribution < -0.4 is 0 Å². The Balaban J connectivity index is 1.59. The van der Waals surface area contributed by atoms with Crippen LogP contribution in [0.1, 0.15) is 26.2 Å². The van der Waals surface area contributed by atoms with E-state index in [0.717, 1.165) is 5.92 Å². The zero-order valence-corrected chi connectivity index (χ0v) is 6.01. The van der Waals surface area contributed by atoms with Crippen LogP contribution in [0.2, 0.25) is 0 Å². The summed E-state index contributed by atoms with van der Waals surface area (Å²) in [6.45, 7) is 2.39. The Hall–Kier alpha value is 0. The van der Waals surface area contributed by atoms with Gasteiger partial charge in [-0.2, -0.15) is 0 Å². The van der Waals surface area contributed by atoms with E-state index in [9.17, 15) is 0 Å². The van der Waals surface area contributed by atoms with E-state index >= 15 is 0 Å². The lowest BCUT2D eigenvalue weighted by Gasteiger charge is -2.34. The van der Waals surface area contributed by atoms with Gasteiger partial charge in [-0.05, 0) is 48.9 Å². The second-order valence-electron chi connectivity index (χ2n) is 4.48. The molecule has 0 spiro atoms. The first-order valence-electron chi connectivity index (χ1n) is 4.36. The lowest BCUT2D eigenvalue weighted by molar-refractivity contribution is 0.160. The van der Waals surface area contributed by atoms with Crippen LogP contribution in [0.4, 0.5) is 0 Å². The maximum Gasteiger partial charge on any atom is -0.0323 e. The molecule has 3 fully saturated rings. The molecule has 0 amide bonds. The van der Waals surface area contributed by atoms with Gasteiger partial charge in [0.15, 0.2) is 0 Å². The largest absolute Gasteiger partial charge is 0.0625 e. The fraction of sp³-hybridized carbons (Fsp3) is 1.00. The molecule has 2 unspecified atom stereocenters. The Morgan fingerprint density at radius 3 is 2.00 bits per heavy atom. The van der Waals surface area contributed by atoms with Crippen molar-refractivity contribution in [3.8, 4) is 0 Å². The van der Waals surface area contributed by atoms with Crippen LogP contribution in [-0.4, -0.2) is 0 Å². The van der Waals surface area contributed by atoms with Gasteiger partial charge in [0.25, 0.3) is 0 Å².